The van der Waals surface area contributed by atoms with Crippen LogP contribution in [0.25, 0.3) is 0 Å². The molecule has 0 saturated heterocycles. The molecule has 0 radical (unpaired) electrons. The Kier molecular flexibility index (Phi) is 49.9. The van der Waals surface area contributed by atoms with E-state index in [1.807, 2.05) is 0 Å². The van der Waals surface area contributed by atoms with Crippen LogP contribution in [0.3, 0.4) is 0 Å². The smallest absolute Gasteiger partial charge is 0.462 e. The van der Waals surface area contributed by atoms with Gasteiger partial charge in [-0.3, -0.25) is 18.6 Å². The van der Waals surface area contributed by atoms with Gasteiger partial charge in [0.1, 0.15) is 6.61 Å². The normalized spacial score (nSPS) is 13.9. The topological polar surface area (TPSA) is 134 Å². The summed E-state index contributed by atoms with van der Waals surface area (Å²) in [5.41, 5.74) is 5.37. The van der Waals surface area contributed by atoms with Gasteiger partial charge in [0.05, 0.1) is 13.2 Å². The Balaban J connectivity index is 4.00. The van der Waals surface area contributed by atoms with Crippen molar-refractivity contribution in [3.8, 4) is 0 Å². The van der Waals surface area contributed by atoms with E-state index in [9.17, 15) is 19.0 Å². The van der Waals surface area contributed by atoms with Gasteiger partial charge in [-0.2, -0.15) is 0 Å². The summed E-state index contributed by atoms with van der Waals surface area (Å²) >= 11 is 0. The summed E-state index contributed by atoms with van der Waals surface area (Å²) in [6.07, 6.45) is 68.8. The maximum Gasteiger partial charge on any atom is 0.472 e. The van der Waals surface area contributed by atoms with Gasteiger partial charge in [0.25, 0.3) is 0 Å². The number of unbranched alkanes of at least 4 members (excludes halogenated alkanes) is 20. The van der Waals surface area contributed by atoms with Gasteiger partial charge in [0.2, 0.25) is 0 Å². The van der Waals surface area contributed by atoms with Gasteiger partial charge in [0.15, 0.2) is 6.10 Å². The summed E-state index contributed by atoms with van der Waals surface area (Å²) in [5.74, 6) is -0.850. The van der Waals surface area contributed by atoms with E-state index in [0.717, 1.165) is 96.3 Å². The van der Waals surface area contributed by atoms with Crippen molar-refractivity contribution in [3.05, 3.63) is 97.2 Å². The van der Waals surface area contributed by atoms with Crippen LogP contribution in [0.5, 0.6) is 0 Å². The summed E-state index contributed by atoms with van der Waals surface area (Å²) in [4.78, 5) is 35.1. The summed E-state index contributed by atoms with van der Waals surface area (Å²) in [7, 11) is -4.39. The zero-order chi connectivity index (χ0) is 48.8. The lowest BCUT2D eigenvalue weighted by atomic mass is 10.0. The molecule has 67 heavy (non-hydrogen) atoms. The number of ether oxygens (including phenoxy) is 2. The molecule has 0 heterocycles. The number of allylic oxidation sites excluding steroid dienone is 16. The number of hydrogen-bond acceptors (Lipinski definition) is 8. The standard InChI is InChI=1S/C57H98NO8P/c1-3-5-7-9-11-13-15-17-19-20-21-22-23-24-25-26-27-28-29-30-31-32-33-34-36-38-40-42-44-46-48-50-57(60)66-55(54-65-67(61,62)64-52-51-58)53-63-56(59)49-47-45-43-41-39-37-35-18-16-14-12-10-8-6-4-2/h5,7,11-14,17-19,21-22,24-25,27-28,35,55H,3-4,6,8-10,15-16,20,23,26,29-34,36-54,58H2,1-2H3,(H,61,62)/b7-5-,13-11-,14-12-,19-17-,22-21-,25-24-,28-27-,35-18-. The molecule has 2 atom stereocenters. The molecule has 0 bridgehead atoms. The molecule has 9 nitrogen and oxygen atoms in total. The number of esters is 2. The second-order valence-electron chi connectivity index (χ2n) is 17.4. The van der Waals surface area contributed by atoms with Gasteiger partial charge >= 0.3 is 19.8 Å². The van der Waals surface area contributed by atoms with E-state index >= 15 is 0 Å². The van der Waals surface area contributed by atoms with Gasteiger partial charge in [-0.25, -0.2) is 4.57 Å². The van der Waals surface area contributed by atoms with Crippen molar-refractivity contribution in [1.82, 2.24) is 0 Å². The van der Waals surface area contributed by atoms with Gasteiger partial charge in [-0.05, 0) is 96.3 Å². The van der Waals surface area contributed by atoms with Crippen molar-refractivity contribution in [2.75, 3.05) is 26.4 Å². The predicted molar refractivity (Wildman–Crippen MR) is 284 cm³/mol. The molecule has 0 aromatic heterocycles. The van der Waals surface area contributed by atoms with Crippen LogP contribution >= 0.6 is 7.82 Å². The average Bonchev–Trinajstić information content (AvgIpc) is 3.32. The van der Waals surface area contributed by atoms with Gasteiger partial charge in [-0.1, -0.05) is 207 Å². The fourth-order valence-electron chi connectivity index (χ4n) is 7.02. The van der Waals surface area contributed by atoms with Crippen molar-refractivity contribution in [3.63, 3.8) is 0 Å². The van der Waals surface area contributed by atoms with E-state index in [2.05, 4.69) is 111 Å². The number of hydrogen-bond donors (Lipinski definition) is 2. The van der Waals surface area contributed by atoms with Crippen LogP contribution in [-0.4, -0.2) is 49.3 Å². The lowest BCUT2D eigenvalue weighted by Gasteiger charge is -2.19. The molecule has 3 N–H and O–H groups in total. The fourth-order valence-corrected chi connectivity index (χ4v) is 7.79. The maximum atomic E-state index is 12.7. The van der Waals surface area contributed by atoms with Crippen LogP contribution in [0, 0.1) is 0 Å². The third-order valence-corrected chi connectivity index (χ3v) is 11.9. The number of carbonyl (C=O) groups is 2. The summed E-state index contributed by atoms with van der Waals surface area (Å²) in [5, 5.41) is 0. The maximum absolute atomic E-state index is 12.7. The largest absolute Gasteiger partial charge is 0.472 e. The highest BCUT2D eigenvalue weighted by atomic mass is 31.2. The molecule has 0 aliphatic heterocycles. The van der Waals surface area contributed by atoms with Crippen LogP contribution in [0.15, 0.2) is 97.2 Å². The Bertz CT molecular complexity index is 1410. The molecule has 0 aliphatic carbocycles. The van der Waals surface area contributed by atoms with Crippen molar-refractivity contribution >= 4 is 19.8 Å². The summed E-state index contributed by atoms with van der Waals surface area (Å²) in [6.45, 7) is 3.58. The number of carbonyl (C=O) groups excluding carboxylic acids is 2. The predicted octanol–water partition coefficient (Wildman–Crippen LogP) is 16.5. The third-order valence-electron chi connectivity index (χ3n) is 11.0. The molecule has 2 unspecified atom stereocenters. The first-order valence-corrected chi connectivity index (χ1v) is 28.2. The van der Waals surface area contributed by atoms with E-state index in [1.54, 1.807) is 0 Å². The Morgan fingerprint density at radius 3 is 1.22 bits per heavy atom. The quantitative estimate of drug-likeness (QED) is 0.0264. The first-order chi connectivity index (χ1) is 32.8. The van der Waals surface area contributed by atoms with Crippen molar-refractivity contribution in [1.29, 1.82) is 0 Å². The molecule has 10 heteroatoms. The zero-order valence-corrected chi connectivity index (χ0v) is 43.5. The molecule has 0 rings (SSSR count). The second-order valence-corrected chi connectivity index (χ2v) is 18.8. The number of phosphoric acid groups is 1. The molecule has 0 aromatic rings. The van der Waals surface area contributed by atoms with E-state index in [4.69, 9.17) is 24.3 Å². The Hall–Kier alpha value is -3.07. The van der Waals surface area contributed by atoms with Crippen LogP contribution in [-0.2, 0) is 32.7 Å². The van der Waals surface area contributed by atoms with E-state index in [0.29, 0.717) is 12.8 Å². The van der Waals surface area contributed by atoms with Crippen LogP contribution in [0.1, 0.15) is 219 Å². The lowest BCUT2D eigenvalue weighted by Crippen LogP contribution is -2.29. The number of phosphoric ester groups is 1. The minimum absolute atomic E-state index is 0.0470. The highest BCUT2D eigenvalue weighted by Crippen LogP contribution is 2.43. The first-order valence-electron chi connectivity index (χ1n) is 26.7. The molecule has 0 fully saturated rings. The Morgan fingerprint density at radius 2 is 0.821 bits per heavy atom. The zero-order valence-electron chi connectivity index (χ0n) is 42.6. The summed E-state index contributed by atoms with van der Waals surface area (Å²) < 4.78 is 32.9. The van der Waals surface area contributed by atoms with E-state index < -0.39 is 32.5 Å². The highest BCUT2D eigenvalue weighted by Gasteiger charge is 2.26. The molecule has 0 aliphatic rings. The first kappa shape index (κ1) is 63.9. The SMILES string of the molecule is CC/C=C\C/C=C\C/C=C\C/C=C\C/C=C\C/C=C\CCCCCCCCCCCCCCC(=O)OC(COC(=O)CCCCCCC/C=C\C/C=C\CCCCC)COP(=O)(O)OCCN. The average molecular weight is 956 g/mol. The van der Waals surface area contributed by atoms with Crippen molar-refractivity contribution in [2.45, 2.75) is 225 Å². The van der Waals surface area contributed by atoms with Gasteiger partial charge in [-0.15, -0.1) is 0 Å². The van der Waals surface area contributed by atoms with E-state index in [-0.39, 0.29) is 32.6 Å². The van der Waals surface area contributed by atoms with Gasteiger partial charge in [0, 0.05) is 19.4 Å². The Labute approximate surface area is 410 Å². The van der Waals surface area contributed by atoms with E-state index in [1.165, 1.54) is 83.5 Å². The molecule has 0 spiro atoms. The third kappa shape index (κ3) is 52.2. The molecule has 384 valence electrons. The van der Waals surface area contributed by atoms with Crippen molar-refractivity contribution in [2.24, 2.45) is 5.73 Å². The minimum Gasteiger partial charge on any atom is -0.462 e. The van der Waals surface area contributed by atoms with Crippen LogP contribution < -0.4 is 5.73 Å². The van der Waals surface area contributed by atoms with Crippen molar-refractivity contribution < 1.29 is 37.6 Å². The number of rotatable bonds is 49. The molecule has 0 amide bonds. The highest BCUT2D eigenvalue weighted by molar-refractivity contribution is 7.47. The summed E-state index contributed by atoms with van der Waals surface area (Å²) in [6, 6.07) is 0. The monoisotopic (exact) mass is 956 g/mol. The molecular formula is C57H98NO8P. The second kappa shape index (κ2) is 52.3. The Morgan fingerprint density at radius 1 is 0.463 bits per heavy atom. The number of nitrogens with two attached hydrogens (primary N) is 1. The molecule has 0 aromatic carbocycles. The fraction of sp³-hybridized carbons (Fsp3) is 0.684. The lowest BCUT2D eigenvalue weighted by molar-refractivity contribution is -0.161. The molecule has 0 saturated carbocycles. The van der Waals surface area contributed by atoms with Crippen LogP contribution in [0.4, 0.5) is 0 Å². The molecular weight excluding hydrogens is 858 g/mol. The van der Waals surface area contributed by atoms with Gasteiger partial charge < -0.3 is 20.1 Å². The van der Waals surface area contributed by atoms with Crippen LogP contribution in [0.2, 0.25) is 0 Å². The minimum atomic E-state index is -4.39.